The Kier molecular flexibility index (Phi) is 7.65. The van der Waals surface area contributed by atoms with Crippen LogP contribution in [0, 0.1) is 11.7 Å². The quantitative estimate of drug-likeness (QED) is 0.746. The van der Waals surface area contributed by atoms with Gasteiger partial charge in [0.1, 0.15) is 23.5 Å². The summed E-state index contributed by atoms with van der Waals surface area (Å²) in [5.74, 6) is 0.827. The van der Waals surface area contributed by atoms with E-state index in [2.05, 4.69) is 29.0 Å². The second-order valence-corrected chi connectivity index (χ2v) is 7.96. The minimum atomic E-state index is -0.839. The Morgan fingerprint density at radius 2 is 2.14 bits per heavy atom. The van der Waals surface area contributed by atoms with E-state index >= 15 is 0 Å². The van der Waals surface area contributed by atoms with Gasteiger partial charge in [-0.25, -0.2) is 9.37 Å². The van der Waals surface area contributed by atoms with Gasteiger partial charge in [-0.05, 0) is 43.2 Å². The molecule has 28 heavy (non-hydrogen) atoms. The smallest absolute Gasteiger partial charge is 0.133 e. The van der Waals surface area contributed by atoms with Gasteiger partial charge >= 0.3 is 0 Å². The normalized spacial score (nSPS) is 22.0. The highest BCUT2D eigenvalue weighted by atomic mass is 35.5. The van der Waals surface area contributed by atoms with Gasteiger partial charge in [-0.15, -0.1) is 12.4 Å². The molecule has 154 valence electrons. The lowest BCUT2D eigenvalue weighted by Gasteiger charge is -2.39. The monoisotopic (exact) mass is 428 g/mol. The summed E-state index contributed by atoms with van der Waals surface area (Å²) >= 11 is 5.98. The highest BCUT2D eigenvalue weighted by Gasteiger charge is 2.36. The molecular weight excluding hydrogens is 402 g/mol. The number of halogens is 3. The van der Waals surface area contributed by atoms with E-state index < -0.39 is 11.8 Å². The second kappa shape index (κ2) is 9.37. The van der Waals surface area contributed by atoms with Crippen LogP contribution < -0.4 is 16.0 Å². The molecule has 0 radical (unpaired) electrons. The van der Waals surface area contributed by atoms with Crippen LogP contribution in [0.3, 0.4) is 0 Å². The Bertz CT molecular complexity index is 790. The first-order valence-electron chi connectivity index (χ1n) is 9.12. The minimum Gasteiger partial charge on any atom is -0.350 e. The summed E-state index contributed by atoms with van der Waals surface area (Å²) in [6.07, 6.45) is 1.14. The molecular formula is C20H27Cl2FN4O. The van der Waals surface area contributed by atoms with Crippen LogP contribution in [0.1, 0.15) is 26.3 Å². The van der Waals surface area contributed by atoms with Gasteiger partial charge < -0.3 is 20.7 Å². The fraction of sp³-hybridized carbons (Fsp3) is 0.450. The van der Waals surface area contributed by atoms with E-state index in [9.17, 15) is 4.39 Å². The number of morpholine rings is 1. The number of nitrogens with zero attached hydrogens (tertiary/aromatic N) is 2. The number of ether oxygens (including phenoxy) is 1. The third-order valence-electron chi connectivity index (χ3n) is 4.59. The Labute approximate surface area is 176 Å². The Hall–Kier alpha value is -1.44. The molecule has 1 aromatic heterocycles. The molecule has 1 saturated heterocycles. The van der Waals surface area contributed by atoms with E-state index in [4.69, 9.17) is 22.1 Å². The van der Waals surface area contributed by atoms with E-state index in [1.165, 1.54) is 6.07 Å². The summed E-state index contributed by atoms with van der Waals surface area (Å²) in [5, 5.41) is 3.79. The van der Waals surface area contributed by atoms with Gasteiger partial charge in [0, 0.05) is 37.1 Å². The van der Waals surface area contributed by atoms with Gasteiger partial charge in [-0.1, -0.05) is 25.4 Å². The van der Waals surface area contributed by atoms with Gasteiger partial charge in [0.25, 0.3) is 0 Å². The van der Waals surface area contributed by atoms with Crippen molar-refractivity contribution in [2.24, 2.45) is 11.7 Å². The minimum absolute atomic E-state index is 0. The number of aromatic nitrogens is 1. The molecule has 3 N–H and O–H groups in total. The molecule has 1 aliphatic rings. The van der Waals surface area contributed by atoms with Gasteiger partial charge in [-0.3, -0.25) is 0 Å². The molecule has 1 fully saturated rings. The zero-order valence-corrected chi connectivity index (χ0v) is 17.9. The average molecular weight is 429 g/mol. The summed E-state index contributed by atoms with van der Waals surface area (Å²) < 4.78 is 20.6. The fourth-order valence-electron chi connectivity index (χ4n) is 3.34. The maximum absolute atomic E-state index is 14.7. The van der Waals surface area contributed by atoms with Crippen LogP contribution >= 0.6 is 24.0 Å². The highest BCUT2D eigenvalue weighted by molar-refractivity contribution is 6.30. The molecule has 0 saturated carbocycles. The molecule has 0 spiro atoms. The molecule has 1 aromatic carbocycles. The third-order valence-corrected chi connectivity index (χ3v) is 4.81. The van der Waals surface area contributed by atoms with Crippen molar-refractivity contribution in [3.8, 4) is 0 Å². The van der Waals surface area contributed by atoms with E-state index in [1.807, 2.05) is 19.1 Å². The van der Waals surface area contributed by atoms with Crippen molar-refractivity contribution < 1.29 is 9.13 Å². The van der Waals surface area contributed by atoms with Crippen molar-refractivity contribution >= 4 is 35.5 Å². The van der Waals surface area contributed by atoms with E-state index in [-0.39, 0.29) is 18.2 Å². The SMILES string of the molecule is CC(C)CN(c1ccc(F)c(C2(C)CNC[C@H](N)O2)c1)c1ccc(Cl)cn1.Cl. The number of benzene rings is 1. The van der Waals surface area contributed by atoms with E-state index in [0.717, 1.165) is 18.1 Å². The molecule has 3 rings (SSSR count). The maximum Gasteiger partial charge on any atom is 0.133 e. The van der Waals surface area contributed by atoms with Crippen LogP contribution in [-0.4, -0.2) is 30.8 Å². The number of rotatable bonds is 5. The summed E-state index contributed by atoms with van der Waals surface area (Å²) in [6, 6.07) is 8.73. The molecule has 2 atom stereocenters. The predicted octanol–water partition coefficient (Wildman–Crippen LogP) is 4.21. The van der Waals surface area contributed by atoms with Crippen LogP contribution in [0.15, 0.2) is 36.5 Å². The molecule has 0 amide bonds. The molecule has 1 aliphatic heterocycles. The lowest BCUT2D eigenvalue weighted by molar-refractivity contribution is -0.109. The first kappa shape index (κ1) is 22.8. The molecule has 8 heteroatoms. The topological polar surface area (TPSA) is 63.4 Å². The Balaban J connectivity index is 0.00000280. The second-order valence-electron chi connectivity index (χ2n) is 7.52. The largest absolute Gasteiger partial charge is 0.350 e. The summed E-state index contributed by atoms with van der Waals surface area (Å²) in [7, 11) is 0. The standard InChI is InChI=1S/C20H26ClFN4O.ClH/c1-13(2)11-26(19-7-4-14(21)9-25-19)15-5-6-17(22)16(8-15)20(3)12-24-10-18(23)27-20;/h4-9,13,18,24H,10-12,23H2,1-3H3;1H/t18-,20?;/m1./s1. The van der Waals surface area contributed by atoms with Crippen molar-refractivity contribution in [3.63, 3.8) is 0 Å². The number of nitrogens with two attached hydrogens (primary N) is 1. The number of anilines is 2. The van der Waals surface area contributed by atoms with Crippen LogP contribution in [-0.2, 0) is 10.3 Å². The lowest BCUT2D eigenvalue weighted by atomic mass is 9.93. The number of nitrogens with one attached hydrogen (secondary N) is 1. The van der Waals surface area contributed by atoms with Crippen molar-refractivity contribution in [1.82, 2.24) is 10.3 Å². The van der Waals surface area contributed by atoms with Crippen molar-refractivity contribution in [2.45, 2.75) is 32.6 Å². The Morgan fingerprint density at radius 3 is 2.75 bits per heavy atom. The third kappa shape index (κ3) is 5.13. The van der Waals surface area contributed by atoms with Crippen LogP contribution in [0.25, 0.3) is 0 Å². The van der Waals surface area contributed by atoms with E-state index in [1.54, 1.807) is 18.3 Å². The number of hydrogen-bond acceptors (Lipinski definition) is 5. The molecule has 5 nitrogen and oxygen atoms in total. The van der Waals surface area contributed by atoms with Crippen molar-refractivity contribution in [3.05, 3.63) is 52.9 Å². The van der Waals surface area contributed by atoms with Crippen LogP contribution in [0.4, 0.5) is 15.9 Å². The molecule has 2 aromatic rings. The predicted molar refractivity (Wildman–Crippen MR) is 114 cm³/mol. The van der Waals surface area contributed by atoms with Crippen molar-refractivity contribution in [1.29, 1.82) is 0 Å². The zero-order valence-electron chi connectivity index (χ0n) is 16.3. The van der Waals surface area contributed by atoms with Gasteiger partial charge in [0.15, 0.2) is 0 Å². The molecule has 0 bridgehead atoms. The molecule has 1 unspecified atom stereocenters. The van der Waals surface area contributed by atoms with Crippen molar-refractivity contribution in [2.75, 3.05) is 24.5 Å². The van der Waals surface area contributed by atoms with Crippen LogP contribution in [0.5, 0.6) is 0 Å². The number of pyridine rings is 1. The van der Waals surface area contributed by atoms with Crippen LogP contribution in [0.2, 0.25) is 5.02 Å². The summed E-state index contributed by atoms with van der Waals surface area (Å²) in [6.45, 7) is 7.88. The summed E-state index contributed by atoms with van der Waals surface area (Å²) in [4.78, 5) is 6.50. The Morgan fingerprint density at radius 1 is 1.39 bits per heavy atom. The highest BCUT2D eigenvalue weighted by Crippen LogP contribution is 2.34. The molecule has 0 aliphatic carbocycles. The first-order chi connectivity index (χ1) is 12.8. The summed E-state index contributed by atoms with van der Waals surface area (Å²) in [5.41, 5.74) is 6.41. The maximum atomic E-state index is 14.7. The van der Waals surface area contributed by atoms with Gasteiger partial charge in [0.05, 0.1) is 5.02 Å². The number of hydrogen-bond donors (Lipinski definition) is 2. The lowest BCUT2D eigenvalue weighted by Crippen LogP contribution is -2.53. The fourth-order valence-corrected chi connectivity index (χ4v) is 3.45. The molecule has 2 heterocycles. The zero-order chi connectivity index (χ0) is 19.6. The van der Waals surface area contributed by atoms with Gasteiger partial charge in [0.2, 0.25) is 0 Å². The van der Waals surface area contributed by atoms with E-state index in [0.29, 0.717) is 29.6 Å². The average Bonchev–Trinajstić information content (AvgIpc) is 2.60. The first-order valence-corrected chi connectivity index (χ1v) is 9.49. The van der Waals surface area contributed by atoms with Gasteiger partial charge in [-0.2, -0.15) is 0 Å².